The Hall–Kier alpha value is -1.19. The molecule has 2 aromatic rings. The van der Waals surface area contributed by atoms with Gasteiger partial charge in [0.25, 0.3) is 11.8 Å². The van der Waals surface area contributed by atoms with Crippen molar-refractivity contribution in [1.29, 1.82) is 0 Å². The summed E-state index contributed by atoms with van der Waals surface area (Å²) >= 11 is 7.92. The van der Waals surface area contributed by atoms with Crippen LogP contribution in [-0.2, 0) is 6.54 Å². The minimum Gasteiger partial charge on any atom is -0.364 e. The fourth-order valence-electron chi connectivity index (χ4n) is 1.62. The van der Waals surface area contributed by atoms with Gasteiger partial charge in [0.05, 0.1) is 20.5 Å². The lowest BCUT2D eigenvalue weighted by molar-refractivity contribution is 0.0991. The number of hydrogen-bond acceptors (Lipinski definition) is 4. The van der Waals surface area contributed by atoms with E-state index in [1.807, 2.05) is 6.92 Å². The number of carbonyl (C=O) groups is 2. The quantitative estimate of drug-likeness (QED) is 0.795. The van der Waals surface area contributed by atoms with Gasteiger partial charge in [-0.25, -0.2) is 0 Å². The van der Waals surface area contributed by atoms with Gasteiger partial charge < -0.3 is 11.1 Å². The molecule has 0 spiro atoms. The van der Waals surface area contributed by atoms with Crippen LogP contribution in [0.25, 0.3) is 0 Å². The van der Waals surface area contributed by atoms with E-state index in [0.717, 1.165) is 8.26 Å². The van der Waals surface area contributed by atoms with Crippen LogP contribution in [-0.4, -0.2) is 21.6 Å². The summed E-state index contributed by atoms with van der Waals surface area (Å²) in [5, 5.41) is 6.66. The smallest absolute Gasteiger partial charge is 0.269 e. The Bertz CT molecular complexity index is 661. The van der Waals surface area contributed by atoms with Gasteiger partial charge in [0.15, 0.2) is 0 Å². The van der Waals surface area contributed by atoms with Crippen LogP contribution in [0.1, 0.15) is 27.1 Å². The number of nitrogens with one attached hydrogen (secondary N) is 1. The lowest BCUT2D eigenvalue weighted by atomic mass is 10.3. The third kappa shape index (κ3) is 2.94. The number of nitrogens with zero attached hydrogens (tertiary/aromatic N) is 2. The molecular formula is C11H10Br2N4O2S. The number of amides is 2. The Morgan fingerprint density at radius 2 is 2.20 bits per heavy atom. The van der Waals surface area contributed by atoms with Gasteiger partial charge in [0.1, 0.15) is 5.69 Å². The molecule has 20 heavy (non-hydrogen) atoms. The van der Waals surface area contributed by atoms with Crippen LogP contribution in [0.2, 0.25) is 0 Å². The zero-order chi connectivity index (χ0) is 14.9. The van der Waals surface area contributed by atoms with Gasteiger partial charge in [0.2, 0.25) is 0 Å². The summed E-state index contributed by atoms with van der Waals surface area (Å²) in [6, 6.07) is 1.69. The molecule has 2 rings (SSSR count). The molecule has 3 N–H and O–H groups in total. The maximum absolute atomic E-state index is 12.1. The molecule has 0 unspecified atom stereocenters. The second-order valence-corrected chi connectivity index (χ2v) is 7.00. The summed E-state index contributed by atoms with van der Waals surface area (Å²) in [4.78, 5) is 24.1. The highest BCUT2D eigenvalue weighted by atomic mass is 79.9. The molecule has 0 aliphatic heterocycles. The molecule has 0 aliphatic carbocycles. The van der Waals surface area contributed by atoms with Crippen molar-refractivity contribution in [3.8, 4) is 0 Å². The number of carbonyl (C=O) groups excluding carboxylic acids is 2. The molecule has 0 atom stereocenters. The summed E-state index contributed by atoms with van der Waals surface area (Å²) < 4.78 is 3.06. The molecule has 6 nitrogen and oxygen atoms in total. The molecule has 0 aliphatic rings. The molecule has 0 radical (unpaired) electrons. The normalized spacial score (nSPS) is 10.6. The molecule has 0 bridgehead atoms. The molecule has 0 fully saturated rings. The fourth-order valence-corrected chi connectivity index (χ4v) is 3.55. The average Bonchev–Trinajstić information content (AvgIpc) is 2.94. The number of nitrogens with two attached hydrogens (primary N) is 1. The number of aryl methyl sites for hydroxylation is 1. The van der Waals surface area contributed by atoms with Crippen molar-refractivity contribution in [1.82, 2.24) is 9.78 Å². The van der Waals surface area contributed by atoms with Gasteiger partial charge in [-0.3, -0.25) is 14.3 Å². The van der Waals surface area contributed by atoms with Gasteiger partial charge in [-0.15, -0.1) is 11.3 Å². The maximum Gasteiger partial charge on any atom is 0.269 e. The Kier molecular flexibility index (Phi) is 4.61. The second kappa shape index (κ2) is 6.06. The molecular weight excluding hydrogens is 412 g/mol. The monoisotopic (exact) mass is 420 g/mol. The Balaban J connectivity index is 2.28. The number of rotatable bonds is 4. The minimum atomic E-state index is -0.631. The van der Waals surface area contributed by atoms with Crippen molar-refractivity contribution in [2.24, 2.45) is 5.73 Å². The molecule has 0 saturated heterocycles. The van der Waals surface area contributed by atoms with E-state index in [-0.39, 0.29) is 11.6 Å². The van der Waals surface area contributed by atoms with Crippen LogP contribution in [0.3, 0.4) is 0 Å². The summed E-state index contributed by atoms with van der Waals surface area (Å²) in [7, 11) is 0. The number of aromatic nitrogens is 2. The van der Waals surface area contributed by atoms with Crippen LogP contribution >= 0.6 is 43.2 Å². The van der Waals surface area contributed by atoms with Gasteiger partial charge >= 0.3 is 0 Å². The third-order valence-electron chi connectivity index (χ3n) is 2.49. The predicted molar refractivity (Wildman–Crippen MR) is 84.1 cm³/mol. The average molecular weight is 422 g/mol. The van der Waals surface area contributed by atoms with Crippen LogP contribution in [0.15, 0.2) is 20.5 Å². The summed E-state index contributed by atoms with van der Waals surface area (Å²) in [5.41, 5.74) is 5.82. The molecule has 9 heteroatoms. The summed E-state index contributed by atoms with van der Waals surface area (Å²) in [5.74, 6) is -0.951. The van der Waals surface area contributed by atoms with E-state index >= 15 is 0 Å². The van der Waals surface area contributed by atoms with Crippen molar-refractivity contribution in [2.75, 3.05) is 5.32 Å². The van der Waals surface area contributed by atoms with Crippen LogP contribution < -0.4 is 11.1 Å². The zero-order valence-electron chi connectivity index (χ0n) is 10.3. The van der Waals surface area contributed by atoms with Crippen molar-refractivity contribution in [3.63, 3.8) is 0 Å². The third-order valence-corrected chi connectivity index (χ3v) is 5.74. The minimum absolute atomic E-state index is 0.190. The number of thiophene rings is 1. The van der Waals surface area contributed by atoms with Gasteiger partial charge in [-0.1, -0.05) is 0 Å². The standard InChI is InChI=1S/C11H10Br2N4O2S/c1-2-17-8(10(14)18)6(4-15-17)16-11(19)7-3-5(12)9(13)20-7/h3-4H,2H2,1H3,(H2,14,18)(H,16,19). The van der Waals surface area contributed by atoms with E-state index in [2.05, 4.69) is 42.3 Å². The first kappa shape index (κ1) is 15.2. The zero-order valence-corrected chi connectivity index (χ0v) is 14.3. The second-order valence-electron chi connectivity index (χ2n) is 3.77. The van der Waals surface area contributed by atoms with Crippen molar-refractivity contribution < 1.29 is 9.59 Å². The van der Waals surface area contributed by atoms with Crippen molar-refractivity contribution in [2.45, 2.75) is 13.5 Å². The fraction of sp³-hybridized carbons (Fsp3) is 0.182. The van der Waals surface area contributed by atoms with Crippen molar-refractivity contribution in [3.05, 3.63) is 31.1 Å². The van der Waals surface area contributed by atoms with E-state index in [1.165, 1.54) is 22.2 Å². The van der Waals surface area contributed by atoms with E-state index in [1.54, 1.807) is 6.07 Å². The van der Waals surface area contributed by atoms with E-state index in [4.69, 9.17) is 5.73 Å². The maximum atomic E-state index is 12.1. The molecule has 2 aromatic heterocycles. The molecule has 106 valence electrons. The molecule has 2 amide bonds. The highest BCUT2D eigenvalue weighted by Crippen LogP contribution is 2.32. The lowest BCUT2D eigenvalue weighted by Crippen LogP contribution is -2.20. The lowest BCUT2D eigenvalue weighted by Gasteiger charge is -2.05. The summed E-state index contributed by atoms with van der Waals surface area (Å²) in [6.07, 6.45) is 1.42. The van der Waals surface area contributed by atoms with Crippen LogP contribution in [0.5, 0.6) is 0 Å². The number of halogens is 2. The topological polar surface area (TPSA) is 90.0 Å². The van der Waals surface area contributed by atoms with Gasteiger partial charge in [-0.05, 0) is 44.8 Å². The molecule has 2 heterocycles. The highest BCUT2D eigenvalue weighted by Gasteiger charge is 2.19. The molecule has 0 aromatic carbocycles. The highest BCUT2D eigenvalue weighted by molar-refractivity contribution is 9.13. The van der Waals surface area contributed by atoms with Gasteiger partial charge in [-0.2, -0.15) is 5.10 Å². The van der Waals surface area contributed by atoms with Gasteiger partial charge in [0, 0.05) is 11.0 Å². The first-order valence-corrected chi connectivity index (χ1v) is 7.96. The Morgan fingerprint density at radius 3 is 2.70 bits per heavy atom. The van der Waals surface area contributed by atoms with E-state index < -0.39 is 5.91 Å². The SMILES string of the molecule is CCn1ncc(NC(=O)c2cc(Br)c(Br)s2)c1C(N)=O. The van der Waals surface area contributed by atoms with E-state index in [0.29, 0.717) is 17.1 Å². The first-order valence-electron chi connectivity index (χ1n) is 5.55. The predicted octanol–water partition coefficient (Wildman–Crippen LogP) is 2.84. The Morgan fingerprint density at radius 1 is 1.50 bits per heavy atom. The number of anilines is 1. The number of hydrogen-bond donors (Lipinski definition) is 2. The number of primary amides is 1. The van der Waals surface area contributed by atoms with Crippen LogP contribution in [0, 0.1) is 0 Å². The van der Waals surface area contributed by atoms with Crippen molar-refractivity contribution >= 4 is 60.7 Å². The largest absolute Gasteiger partial charge is 0.364 e. The summed E-state index contributed by atoms with van der Waals surface area (Å²) in [6.45, 7) is 2.32. The molecule has 0 saturated carbocycles. The van der Waals surface area contributed by atoms with E-state index in [9.17, 15) is 9.59 Å². The Labute approximate surface area is 135 Å². The van der Waals surface area contributed by atoms with Crippen LogP contribution in [0.4, 0.5) is 5.69 Å². The first-order chi connectivity index (χ1) is 9.43.